The van der Waals surface area contributed by atoms with Crippen molar-refractivity contribution >= 4 is 27.7 Å². The van der Waals surface area contributed by atoms with E-state index < -0.39 is 29.8 Å². The minimum absolute atomic E-state index is 0.0294. The molecular formula is C12H12BrFN2O3. The van der Waals surface area contributed by atoms with E-state index in [9.17, 15) is 19.1 Å². The summed E-state index contributed by atoms with van der Waals surface area (Å²) < 4.78 is 14.0. The Hall–Kier alpha value is -1.47. The number of carbonyl (C=O) groups excluding carboxylic acids is 2. The molecule has 0 spiro atoms. The highest BCUT2D eigenvalue weighted by Gasteiger charge is 2.38. The van der Waals surface area contributed by atoms with Gasteiger partial charge in [0, 0.05) is 13.0 Å². The molecule has 0 radical (unpaired) electrons. The van der Waals surface area contributed by atoms with Crippen LogP contribution < -0.4 is 5.73 Å². The number of amides is 2. The lowest BCUT2D eigenvalue weighted by atomic mass is 10.1. The Morgan fingerprint density at radius 3 is 2.79 bits per heavy atom. The monoisotopic (exact) mass is 330 g/mol. The molecule has 2 unspecified atom stereocenters. The van der Waals surface area contributed by atoms with Gasteiger partial charge in [0.05, 0.1) is 16.1 Å². The molecular weight excluding hydrogens is 319 g/mol. The molecule has 19 heavy (non-hydrogen) atoms. The van der Waals surface area contributed by atoms with E-state index in [0.717, 1.165) is 4.90 Å². The molecule has 2 rings (SSSR count). The fourth-order valence-corrected chi connectivity index (χ4v) is 2.50. The van der Waals surface area contributed by atoms with Crippen LogP contribution in [0.4, 0.5) is 4.39 Å². The van der Waals surface area contributed by atoms with E-state index in [-0.39, 0.29) is 23.0 Å². The van der Waals surface area contributed by atoms with Gasteiger partial charge in [-0.05, 0) is 28.1 Å². The van der Waals surface area contributed by atoms with Crippen molar-refractivity contribution in [3.8, 4) is 0 Å². The number of benzene rings is 1. The summed E-state index contributed by atoms with van der Waals surface area (Å²) in [5.41, 5.74) is 5.03. The first kappa shape index (κ1) is 14.0. The van der Waals surface area contributed by atoms with E-state index in [2.05, 4.69) is 15.9 Å². The van der Waals surface area contributed by atoms with Crippen LogP contribution in [0.2, 0.25) is 0 Å². The normalized spacial score (nSPS) is 22.6. The van der Waals surface area contributed by atoms with Gasteiger partial charge in [-0.2, -0.15) is 0 Å². The maximum absolute atomic E-state index is 13.9. The van der Waals surface area contributed by atoms with Crippen LogP contribution in [0, 0.1) is 5.82 Å². The number of carbonyl (C=O) groups is 2. The molecule has 1 heterocycles. The van der Waals surface area contributed by atoms with Gasteiger partial charge >= 0.3 is 0 Å². The Kier molecular flexibility index (Phi) is 3.86. The van der Waals surface area contributed by atoms with Crippen LogP contribution in [0.1, 0.15) is 16.8 Å². The molecule has 1 aliphatic heterocycles. The van der Waals surface area contributed by atoms with Gasteiger partial charge in [-0.1, -0.05) is 6.07 Å². The highest BCUT2D eigenvalue weighted by molar-refractivity contribution is 9.10. The second kappa shape index (κ2) is 5.26. The van der Waals surface area contributed by atoms with Gasteiger partial charge in [-0.25, -0.2) is 4.39 Å². The summed E-state index contributed by atoms with van der Waals surface area (Å²) in [6, 6.07) is 3.41. The molecule has 1 aromatic carbocycles. The Morgan fingerprint density at radius 1 is 1.47 bits per heavy atom. The Morgan fingerprint density at radius 2 is 2.16 bits per heavy atom. The molecule has 0 saturated carbocycles. The minimum atomic E-state index is -0.902. The van der Waals surface area contributed by atoms with Gasteiger partial charge in [0.25, 0.3) is 5.91 Å². The van der Waals surface area contributed by atoms with Crippen molar-refractivity contribution in [2.45, 2.75) is 18.6 Å². The van der Waals surface area contributed by atoms with Crippen LogP contribution in [-0.2, 0) is 4.79 Å². The topological polar surface area (TPSA) is 83.6 Å². The second-order valence-electron chi connectivity index (χ2n) is 4.37. The van der Waals surface area contributed by atoms with Gasteiger partial charge in [-0.15, -0.1) is 0 Å². The van der Waals surface area contributed by atoms with Crippen LogP contribution >= 0.6 is 15.9 Å². The largest absolute Gasteiger partial charge is 0.391 e. The Bertz CT molecular complexity index is 538. The quantitative estimate of drug-likeness (QED) is 0.835. The summed E-state index contributed by atoms with van der Waals surface area (Å²) >= 11 is 2.99. The molecule has 3 N–H and O–H groups in total. The van der Waals surface area contributed by atoms with Crippen LogP contribution in [-0.4, -0.2) is 40.5 Å². The highest BCUT2D eigenvalue weighted by atomic mass is 79.9. The van der Waals surface area contributed by atoms with Gasteiger partial charge in [0.1, 0.15) is 11.9 Å². The van der Waals surface area contributed by atoms with Crippen molar-refractivity contribution in [3.05, 3.63) is 34.1 Å². The zero-order valence-corrected chi connectivity index (χ0v) is 11.4. The number of hydrogen-bond donors (Lipinski definition) is 2. The number of hydrogen-bond acceptors (Lipinski definition) is 3. The van der Waals surface area contributed by atoms with Gasteiger partial charge < -0.3 is 15.7 Å². The summed E-state index contributed by atoms with van der Waals surface area (Å²) in [5, 5.41) is 9.53. The summed E-state index contributed by atoms with van der Waals surface area (Å²) in [5.74, 6) is -2.06. The van der Waals surface area contributed by atoms with E-state index in [0.29, 0.717) is 0 Å². The summed E-state index contributed by atoms with van der Waals surface area (Å²) in [6.45, 7) is -0.0294. The first-order chi connectivity index (χ1) is 8.91. The predicted octanol–water partition coefficient (Wildman–Crippen LogP) is 0.649. The molecule has 2 atom stereocenters. The van der Waals surface area contributed by atoms with Crippen molar-refractivity contribution in [3.63, 3.8) is 0 Å². The molecule has 1 saturated heterocycles. The number of likely N-dealkylation sites (tertiary alicyclic amines) is 1. The zero-order chi connectivity index (χ0) is 14.2. The number of aliphatic hydroxyl groups excluding tert-OH is 1. The van der Waals surface area contributed by atoms with Crippen molar-refractivity contribution < 1.29 is 19.1 Å². The third kappa shape index (κ3) is 2.62. The molecule has 0 aromatic heterocycles. The fraction of sp³-hybridized carbons (Fsp3) is 0.333. The van der Waals surface area contributed by atoms with Gasteiger partial charge in [0.2, 0.25) is 5.91 Å². The smallest absolute Gasteiger partial charge is 0.257 e. The van der Waals surface area contributed by atoms with Crippen LogP contribution in [0.25, 0.3) is 0 Å². The Balaban J connectivity index is 2.33. The fourth-order valence-electron chi connectivity index (χ4n) is 2.13. The van der Waals surface area contributed by atoms with E-state index in [1.54, 1.807) is 0 Å². The average molecular weight is 331 g/mol. The molecule has 7 heteroatoms. The molecule has 102 valence electrons. The van der Waals surface area contributed by atoms with Gasteiger partial charge in [0.15, 0.2) is 0 Å². The van der Waals surface area contributed by atoms with E-state index in [1.807, 2.05) is 0 Å². The highest BCUT2D eigenvalue weighted by Crippen LogP contribution is 2.24. The van der Waals surface area contributed by atoms with Crippen molar-refractivity contribution in [1.82, 2.24) is 4.90 Å². The van der Waals surface area contributed by atoms with Crippen molar-refractivity contribution in [1.29, 1.82) is 0 Å². The number of rotatable bonds is 2. The lowest BCUT2D eigenvalue weighted by molar-refractivity contribution is -0.121. The number of nitrogens with two attached hydrogens (primary N) is 1. The minimum Gasteiger partial charge on any atom is -0.391 e. The first-order valence-electron chi connectivity index (χ1n) is 5.64. The predicted molar refractivity (Wildman–Crippen MR) is 68.7 cm³/mol. The number of nitrogens with zero attached hydrogens (tertiary/aromatic N) is 1. The van der Waals surface area contributed by atoms with Crippen LogP contribution in [0.15, 0.2) is 22.7 Å². The Labute approximate surface area is 117 Å². The van der Waals surface area contributed by atoms with Gasteiger partial charge in [-0.3, -0.25) is 9.59 Å². The maximum atomic E-state index is 13.9. The third-order valence-corrected chi connectivity index (χ3v) is 3.66. The number of primary amides is 1. The van der Waals surface area contributed by atoms with Crippen LogP contribution in [0.5, 0.6) is 0 Å². The second-order valence-corrected chi connectivity index (χ2v) is 5.22. The average Bonchev–Trinajstić information content (AvgIpc) is 2.74. The van der Waals surface area contributed by atoms with E-state index >= 15 is 0 Å². The molecule has 1 aromatic rings. The number of β-amino-alcohol motifs (C(OH)–C–C–N with tert-alkyl or cyclic N) is 1. The molecule has 2 amide bonds. The molecule has 0 bridgehead atoms. The maximum Gasteiger partial charge on any atom is 0.257 e. The summed E-state index contributed by atoms with van der Waals surface area (Å²) in [7, 11) is 0. The third-order valence-electron chi connectivity index (χ3n) is 3.05. The summed E-state index contributed by atoms with van der Waals surface area (Å²) in [4.78, 5) is 24.6. The standard InChI is InChI=1S/C12H12BrFN2O3/c13-8-3-1-2-7(10(8)14)12(19)16-5-6(17)4-9(16)11(15)18/h1-3,6,9,17H,4-5H2,(H2,15,18). The number of aliphatic hydroxyl groups is 1. The lowest BCUT2D eigenvalue weighted by Crippen LogP contribution is -2.44. The lowest BCUT2D eigenvalue weighted by Gasteiger charge is -2.22. The van der Waals surface area contributed by atoms with E-state index in [1.165, 1.54) is 18.2 Å². The van der Waals surface area contributed by atoms with E-state index in [4.69, 9.17) is 5.73 Å². The molecule has 0 aliphatic carbocycles. The van der Waals surface area contributed by atoms with Crippen LogP contribution in [0.3, 0.4) is 0 Å². The van der Waals surface area contributed by atoms with Crippen molar-refractivity contribution in [2.24, 2.45) is 5.73 Å². The first-order valence-corrected chi connectivity index (χ1v) is 6.43. The molecule has 5 nitrogen and oxygen atoms in total. The molecule has 1 fully saturated rings. The summed E-state index contributed by atoms with van der Waals surface area (Å²) in [6.07, 6.45) is -0.742. The molecule has 1 aliphatic rings. The zero-order valence-electron chi connectivity index (χ0n) is 9.85. The van der Waals surface area contributed by atoms with Crippen molar-refractivity contribution in [2.75, 3.05) is 6.54 Å². The SMILES string of the molecule is NC(=O)C1CC(O)CN1C(=O)c1cccc(Br)c1F. The number of halogens is 2.